The van der Waals surface area contributed by atoms with E-state index in [0.717, 1.165) is 16.8 Å². The van der Waals surface area contributed by atoms with Gasteiger partial charge in [-0.15, -0.1) is 0 Å². The molecule has 3 rings (SSSR count). The molecule has 4 nitrogen and oxygen atoms in total. The maximum absolute atomic E-state index is 12.2. The summed E-state index contributed by atoms with van der Waals surface area (Å²) >= 11 is 0. The lowest BCUT2D eigenvalue weighted by Gasteiger charge is -2.08. The number of aromatic nitrogens is 2. The molecule has 0 unspecified atom stereocenters. The number of hydrogen-bond acceptors (Lipinski definition) is 2. The lowest BCUT2D eigenvalue weighted by Crippen LogP contribution is -2.15. The lowest BCUT2D eigenvalue weighted by molar-refractivity contribution is 0.101. The highest BCUT2D eigenvalue weighted by atomic mass is 16.1. The number of hydrogen-bond donors (Lipinski definition) is 1. The molecule has 0 atom stereocenters. The van der Waals surface area contributed by atoms with Crippen LogP contribution in [0.25, 0.3) is 11.1 Å². The molecule has 104 valence electrons. The van der Waals surface area contributed by atoms with E-state index >= 15 is 0 Å². The van der Waals surface area contributed by atoms with E-state index in [4.69, 9.17) is 0 Å². The van der Waals surface area contributed by atoms with Crippen LogP contribution in [0.4, 0.5) is 5.69 Å². The molecule has 2 aromatic heterocycles. The van der Waals surface area contributed by atoms with Gasteiger partial charge in [0.25, 0.3) is 5.91 Å². The van der Waals surface area contributed by atoms with Crippen LogP contribution in [-0.4, -0.2) is 15.5 Å². The van der Waals surface area contributed by atoms with Gasteiger partial charge in [0.2, 0.25) is 0 Å². The number of aryl methyl sites for hydroxylation is 1. The maximum atomic E-state index is 12.2. The number of benzene rings is 1. The number of carbonyl (C=O) groups excluding carboxylic acids is 1. The third-order valence-corrected chi connectivity index (χ3v) is 3.29. The fourth-order valence-electron chi connectivity index (χ4n) is 2.20. The number of rotatable bonds is 3. The first-order valence-corrected chi connectivity index (χ1v) is 6.67. The Morgan fingerprint density at radius 3 is 2.67 bits per heavy atom. The van der Waals surface area contributed by atoms with Crippen molar-refractivity contribution in [2.75, 3.05) is 5.32 Å². The Hall–Kier alpha value is -2.88. The molecular weight excluding hydrogens is 262 g/mol. The van der Waals surface area contributed by atoms with Crippen molar-refractivity contribution in [3.63, 3.8) is 0 Å². The SMILES string of the molecule is Cn1cccc1C(=O)Nc1cccc(-c2cccnc2)c1. The van der Waals surface area contributed by atoms with Gasteiger partial charge < -0.3 is 9.88 Å². The van der Waals surface area contributed by atoms with Gasteiger partial charge in [0.05, 0.1) is 0 Å². The monoisotopic (exact) mass is 277 g/mol. The van der Waals surface area contributed by atoms with Crippen LogP contribution in [0.1, 0.15) is 10.5 Å². The van der Waals surface area contributed by atoms with Crippen LogP contribution in [0.2, 0.25) is 0 Å². The molecule has 1 N–H and O–H groups in total. The van der Waals surface area contributed by atoms with Gasteiger partial charge >= 0.3 is 0 Å². The summed E-state index contributed by atoms with van der Waals surface area (Å²) in [5.74, 6) is -0.120. The van der Waals surface area contributed by atoms with E-state index in [-0.39, 0.29) is 5.91 Å². The summed E-state index contributed by atoms with van der Waals surface area (Å²) in [6.07, 6.45) is 5.39. The first-order chi connectivity index (χ1) is 10.2. The minimum atomic E-state index is -0.120. The molecule has 4 heteroatoms. The average molecular weight is 277 g/mol. The van der Waals surface area contributed by atoms with E-state index in [1.54, 1.807) is 23.0 Å². The van der Waals surface area contributed by atoms with E-state index in [1.807, 2.05) is 55.7 Å². The van der Waals surface area contributed by atoms with Gasteiger partial charge in [-0.1, -0.05) is 18.2 Å². The summed E-state index contributed by atoms with van der Waals surface area (Å²) < 4.78 is 1.79. The molecule has 1 amide bonds. The molecule has 3 aromatic rings. The predicted octanol–water partition coefficient (Wildman–Crippen LogP) is 3.34. The topological polar surface area (TPSA) is 46.9 Å². The molecule has 0 spiro atoms. The molecule has 21 heavy (non-hydrogen) atoms. The third-order valence-electron chi connectivity index (χ3n) is 3.29. The van der Waals surface area contributed by atoms with Gasteiger partial charge in [-0.25, -0.2) is 0 Å². The van der Waals surface area contributed by atoms with Gasteiger partial charge in [0, 0.05) is 36.9 Å². The van der Waals surface area contributed by atoms with Crippen molar-refractivity contribution in [1.29, 1.82) is 0 Å². The molecule has 2 heterocycles. The first-order valence-electron chi connectivity index (χ1n) is 6.67. The Balaban J connectivity index is 1.84. The van der Waals surface area contributed by atoms with Gasteiger partial charge in [-0.05, 0) is 35.9 Å². The van der Waals surface area contributed by atoms with Crippen LogP contribution in [0.5, 0.6) is 0 Å². The van der Waals surface area contributed by atoms with E-state index in [1.165, 1.54) is 0 Å². The Bertz CT molecular complexity index is 762. The third kappa shape index (κ3) is 2.84. The largest absolute Gasteiger partial charge is 0.347 e. The average Bonchev–Trinajstić information content (AvgIpc) is 2.95. The van der Waals surface area contributed by atoms with Crippen molar-refractivity contribution in [3.8, 4) is 11.1 Å². The van der Waals surface area contributed by atoms with Gasteiger partial charge in [0.15, 0.2) is 0 Å². The van der Waals surface area contributed by atoms with Crippen LogP contribution >= 0.6 is 0 Å². The molecule has 1 aromatic carbocycles. The number of nitrogens with zero attached hydrogens (tertiary/aromatic N) is 2. The quantitative estimate of drug-likeness (QED) is 0.798. The van der Waals surface area contributed by atoms with Gasteiger partial charge in [-0.2, -0.15) is 0 Å². The molecular formula is C17H15N3O. The predicted molar refractivity (Wildman–Crippen MR) is 83.0 cm³/mol. The molecule has 0 saturated carbocycles. The Labute approximate surface area is 123 Å². The molecule has 0 aliphatic heterocycles. The van der Waals surface area contributed by atoms with Gasteiger partial charge in [-0.3, -0.25) is 9.78 Å². The van der Waals surface area contributed by atoms with Crippen molar-refractivity contribution < 1.29 is 4.79 Å². The highest BCUT2D eigenvalue weighted by Crippen LogP contribution is 2.22. The normalized spacial score (nSPS) is 10.3. The number of carbonyl (C=O) groups is 1. The molecule has 0 aliphatic carbocycles. The Kier molecular flexibility index (Phi) is 3.51. The van der Waals surface area contributed by atoms with E-state index in [9.17, 15) is 4.79 Å². The molecule has 0 fully saturated rings. The standard InChI is InChI=1S/C17H15N3O/c1-20-10-4-8-16(20)17(21)19-15-7-2-5-13(11-15)14-6-3-9-18-12-14/h2-12H,1H3,(H,19,21). The summed E-state index contributed by atoms with van der Waals surface area (Å²) in [5, 5.41) is 2.92. The number of anilines is 1. The molecule has 0 aliphatic rings. The lowest BCUT2D eigenvalue weighted by atomic mass is 10.1. The number of amides is 1. The maximum Gasteiger partial charge on any atom is 0.272 e. The van der Waals surface area contributed by atoms with Crippen molar-refractivity contribution in [3.05, 3.63) is 72.8 Å². The molecule has 0 radical (unpaired) electrons. The highest BCUT2D eigenvalue weighted by Gasteiger charge is 2.09. The Morgan fingerprint density at radius 1 is 1.10 bits per heavy atom. The minimum absolute atomic E-state index is 0.120. The fourth-order valence-corrected chi connectivity index (χ4v) is 2.20. The summed E-state index contributed by atoms with van der Waals surface area (Å²) in [4.78, 5) is 16.3. The minimum Gasteiger partial charge on any atom is -0.347 e. The van der Waals surface area contributed by atoms with Crippen molar-refractivity contribution >= 4 is 11.6 Å². The van der Waals surface area contributed by atoms with Gasteiger partial charge in [0.1, 0.15) is 5.69 Å². The van der Waals surface area contributed by atoms with E-state index in [2.05, 4.69) is 10.3 Å². The summed E-state index contributed by atoms with van der Waals surface area (Å²) in [6, 6.07) is 15.3. The van der Waals surface area contributed by atoms with Crippen LogP contribution in [-0.2, 0) is 7.05 Å². The van der Waals surface area contributed by atoms with Crippen LogP contribution in [0.15, 0.2) is 67.1 Å². The van der Waals surface area contributed by atoms with Crippen molar-refractivity contribution in [1.82, 2.24) is 9.55 Å². The second-order valence-electron chi connectivity index (χ2n) is 4.78. The van der Waals surface area contributed by atoms with Crippen LogP contribution in [0.3, 0.4) is 0 Å². The zero-order chi connectivity index (χ0) is 14.7. The summed E-state index contributed by atoms with van der Waals surface area (Å²) in [6.45, 7) is 0. The van der Waals surface area contributed by atoms with E-state index in [0.29, 0.717) is 5.69 Å². The molecule has 0 bridgehead atoms. The van der Waals surface area contributed by atoms with Crippen LogP contribution in [0, 0.1) is 0 Å². The number of pyridine rings is 1. The van der Waals surface area contributed by atoms with Crippen molar-refractivity contribution in [2.24, 2.45) is 7.05 Å². The highest BCUT2D eigenvalue weighted by molar-refractivity contribution is 6.03. The second-order valence-corrected chi connectivity index (χ2v) is 4.78. The fraction of sp³-hybridized carbons (Fsp3) is 0.0588. The smallest absolute Gasteiger partial charge is 0.272 e. The Morgan fingerprint density at radius 2 is 1.95 bits per heavy atom. The zero-order valence-electron chi connectivity index (χ0n) is 11.7. The number of nitrogens with one attached hydrogen (secondary N) is 1. The first kappa shape index (κ1) is 13.1. The van der Waals surface area contributed by atoms with E-state index < -0.39 is 0 Å². The van der Waals surface area contributed by atoms with Crippen molar-refractivity contribution in [2.45, 2.75) is 0 Å². The summed E-state index contributed by atoms with van der Waals surface area (Å²) in [7, 11) is 1.85. The second kappa shape index (κ2) is 5.63. The summed E-state index contributed by atoms with van der Waals surface area (Å²) in [5.41, 5.74) is 3.43. The zero-order valence-corrected chi connectivity index (χ0v) is 11.7. The van der Waals surface area contributed by atoms with Crippen LogP contribution < -0.4 is 5.32 Å². The molecule has 0 saturated heterocycles.